The smallest absolute Gasteiger partial charge is 0.550 e. The molecule has 0 N–H and O–H groups in total. The molecule has 0 fully saturated rings. The van der Waals surface area contributed by atoms with Gasteiger partial charge in [0.25, 0.3) is 0 Å². The molecule has 0 amide bonds. The average molecular weight is 198 g/mol. The summed E-state index contributed by atoms with van der Waals surface area (Å²) in [5.41, 5.74) is 0. The maximum Gasteiger partial charge on any atom is 1.00 e. The van der Waals surface area contributed by atoms with Crippen LogP contribution in [0.5, 0.6) is 0 Å². The second-order valence-electron chi connectivity index (χ2n) is 2.99. The quantitative estimate of drug-likeness (QED) is 0.361. The molecule has 0 saturated carbocycles. The number of carboxylic acids is 1. The third kappa shape index (κ3) is 8.72. The van der Waals surface area contributed by atoms with Gasteiger partial charge >= 0.3 is 29.6 Å². The third-order valence-electron chi connectivity index (χ3n) is 1.91. The predicted molar refractivity (Wildman–Crippen MR) is 43.2 cm³/mol. The van der Waals surface area contributed by atoms with Crippen molar-refractivity contribution in [2.45, 2.75) is 39.0 Å². The molecule has 0 heterocycles. The molecule has 2 nitrogen and oxygen atoms in total. The van der Waals surface area contributed by atoms with Gasteiger partial charge in [-0.05, 0) is 25.2 Å². The summed E-state index contributed by atoms with van der Waals surface area (Å²) in [7, 11) is 0. The molecule has 0 aliphatic carbocycles. The summed E-state index contributed by atoms with van der Waals surface area (Å²) < 4.78 is 11.7. The molecule has 0 saturated heterocycles. The van der Waals surface area contributed by atoms with Crippen molar-refractivity contribution in [3.05, 3.63) is 0 Å². The van der Waals surface area contributed by atoms with Crippen molar-refractivity contribution in [1.82, 2.24) is 0 Å². The zero-order chi connectivity index (χ0) is 9.40. The zero-order valence-electron chi connectivity index (χ0n) is 8.51. The normalized spacial score (nSPS) is 11.8. The molecular weight excluding hydrogens is 182 g/mol. The van der Waals surface area contributed by atoms with Crippen LogP contribution in [-0.4, -0.2) is 12.6 Å². The minimum absolute atomic E-state index is 0. The van der Waals surface area contributed by atoms with E-state index in [1.54, 1.807) is 0 Å². The Balaban J connectivity index is 0. The molecule has 0 bridgehead atoms. The predicted octanol–water partition coefficient (Wildman–Crippen LogP) is -1.70. The molecule has 0 aliphatic heterocycles. The first-order chi connectivity index (χ1) is 5.72. The van der Waals surface area contributed by atoms with Gasteiger partial charge in [0.2, 0.25) is 0 Å². The fourth-order valence-corrected chi connectivity index (χ4v) is 1.21. The molecule has 4 heteroatoms. The molecule has 0 aromatic rings. The topological polar surface area (TPSA) is 40.1 Å². The molecule has 1 atom stereocenters. The first kappa shape index (κ1) is 15.9. The van der Waals surface area contributed by atoms with Gasteiger partial charge < -0.3 is 9.90 Å². The van der Waals surface area contributed by atoms with Gasteiger partial charge in [0, 0.05) is 5.97 Å². The summed E-state index contributed by atoms with van der Waals surface area (Å²) in [4.78, 5) is 10.5. The number of rotatable bonds is 7. The number of halogens is 1. The summed E-state index contributed by atoms with van der Waals surface area (Å²) in [6.45, 7) is 1.58. The molecule has 0 rings (SSSR count). The van der Waals surface area contributed by atoms with Gasteiger partial charge in [-0.1, -0.05) is 19.8 Å². The molecule has 0 aromatic carbocycles. The Morgan fingerprint density at radius 2 is 2.00 bits per heavy atom. The van der Waals surface area contributed by atoms with E-state index in [4.69, 9.17) is 0 Å². The first-order valence-corrected chi connectivity index (χ1v) is 4.49. The Labute approximate surface area is 101 Å². The van der Waals surface area contributed by atoms with E-state index in [2.05, 4.69) is 0 Å². The SMILES string of the molecule is CCCC(CCCCF)C(=O)[O-].[Na+]. The maximum absolute atomic E-state index is 11.7. The monoisotopic (exact) mass is 198 g/mol. The van der Waals surface area contributed by atoms with E-state index >= 15 is 0 Å². The zero-order valence-corrected chi connectivity index (χ0v) is 10.5. The van der Waals surface area contributed by atoms with Crippen molar-refractivity contribution >= 4 is 5.97 Å². The molecule has 1 unspecified atom stereocenters. The number of carbonyl (C=O) groups excluding carboxylic acids is 1. The Morgan fingerprint density at radius 3 is 2.38 bits per heavy atom. The summed E-state index contributed by atoms with van der Waals surface area (Å²) in [5.74, 6) is -1.36. The largest absolute Gasteiger partial charge is 1.00 e. The Hall–Kier alpha value is 0.400. The molecule has 13 heavy (non-hydrogen) atoms. The van der Waals surface area contributed by atoms with E-state index in [1.165, 1.54) is 0 Å². The molecular formula is C9H16FNaO2. The van der Waals surface area contributed by atoms with Crippen molar-refractivity contribution in [1.29, 1.82) is 0 Å². The van der Waals surface area contributed by atoms with Gasteiger partial charge in [0.05, 0.1) is 6.67 Å². The first-order valence-electron chi connectivity index (χ1n) is 4.49. The van der Waals surface area contributed by atoms with Gasteiger partial charge in [-0.25, -0.2) is 0 Å². The van der Waals surface area contributed by atoms with E-state index in [-0.39, 0.29) is 42.1 Å². The van der Waals surface area contributed by atoms with Crippen LogP contribution in [0.15, 0.2) is 0 Å². The Kier molecular flexibility index (Phi) is 12.8. The van der Waals surface area contributed by atoms with Crippen LogP contribution in [0.1, 0.15) is 39.0 Å². The van der Waals surface area contributed by atoms with Crippen molar-refractivity contribution in [2.75, 3.05) is 6.67 Å². The van der Waals surface area contributed by atoms with E-state index in [9.17, 15) is 14.3 Å². The van der Waals surface area contributed by atoms with Crippen LogP contribution in [0.25, 0.3) is 0 Å². The molecule has 0 aliphatic rings. The number of alkyl halides is 1. The number of unbranched alkanes of at least 4 members (excludes halogenated alkanes) is 1. The van der Waals surface area contributed by atoms with Crippen molar-refractivity contribution in [2.24, 2.45) is 5.92 Å². The second kappa shape index (κ2) is 10.5. The fourth-order valence-electron chi connectivity index (χ4n) is 1.21. The second-order valence-corrected chi connectivity index (χ2v) is 2.99. The van der Waals surface area contributed by atoms with Crippen LogP contribution >= 0.6 is 0 Å². The van der Waals surface area contributed by atoms with Gasteiger partial charge in [-0.15, -0.1) is 0 Å². The number of carbonyl (C=O) groups is 1. The third-order valence-corrected chi connectivity index (χ3v) is 1.91. The van der Waals surface area contributed by atoms with E-state index in [0.717, 1.165) is 6.42 Å². The van der Waals surface area contributed by atoms with Crippen LogP contribution in [-0.2, 0) is 4.79 Å². The van der Waals surface area contributed by atoms with Crippen molar-refractivity contribution in [3.8, 4) is 0 Å². The maximum atomic E-state index is 11.7. The number of carboxylic acid groups (broad SMARTS) is 1. The van der Waals surface area contributed by atoms with Crippen molar-refractivity contribution in [3.63, 3.8) is 0 Å². The summed E-state index contributed by atoms with van der Waals surface area (Å²) in [6.07, 6.45) is 3.16. The summed E-state index contributed by atoms with van der Waals surface area (Å²) in [5, 5.41) is 10.5. The minimum atomic E-state index is -0.990. The van der Waals surface area contributed by atoms with Crippen molar-refractivity contribution < 1.29 is 43.8 Å². The standard InChI is InChI=1S/C9H17FO2.Na/c1-2-5-8(9(11)12)6-3-4-7-10;/h8H,2-7H2,1H3,(H,11,12);/q;+1/p-1. The van der Waals surface area contributed by atoms with Gasteiger partial charge in [-0.2, -0.15) is 0 Å². The average Bonchev–Trinajstić information content (AvgIpc) is 2.03. The van der Waals surface area contributed by atoms with E-state index < -0.39 is 5.97 Å². The fraction of sp³-hybridized carbons (Fsp3) is 0.889. The van der Waals surface area contributed by atoms with Gasteiger partial charge in [-0.3, -0.25) is 4.39 Å². The summed E-state index contributed by atoms with van der Waals surface area (Å²) in [6, 6.07) is 0. The minimum Gasteiger partial charge on any atom is -0.550 e. The van der Waals surface area contributed by atoms with E-state index in [0.29, 0.717) is 25.7 Å². The van der Waals surface area contributed by atoms with Crippen LogP contribution in [0.2, 0.25) is 0 Å². The van der Waals surface area contributed by atoms with Crippen LogP contribution in [0, 0.1) is 5.92 Å². The number of hydrogen-bond acceptors (Lipinski definition) is 2. The van der Waals surface area contributed by atoms with Crippen LogP contribution in [0.4, 0.5) is 4.39 Å². The van der Waals surface area contributed by atoms with Crippen LogP contribution in [0.3, 0.4) is 0 Å². The molecule has 0 aromatic heterocycles. The Morgan fingerprint density at radius 1 is 1.38 bits per heavy atom. The van der Waals surface area contributed by atoms with E-state index in [1.807, 2.05) is 6.92 Å². The number of aliphatic carboxylic acids is 1. The summed E-state index contributed by atoms with van der Waals surface area (Å²) >= 11 is 0. The molecule has 72 valence electrons. The van der Waals surface area contributed by atoms with Gasteiger partial charge in [0.15, 0.2) is 0 Å². The number of hydrogen-bond donors (Lipinski definition) is 0. The molecule has 0 radical (unpaired) electrons. The molecule has 0 spiro atoms. The van der Waals surface area contributed by atoms with Gasteiger partial charge in [0.1, 0.15) is 0 Å². The van der Waals surface area contributed by atoms with Crippen LogP contribution < -0.4 is 34.7 Å². The Bertz CT molecular complexity index is 131.